The molecule has 0 aliphatic heterocycles. The first-order valence-electron chi connectivity index (χ1n) is 6.05. The van der Waals surface area contributed by atoms with Gasteiger partial charge in [0, 0.05) is 48.4 Å². The van der Waals surface area contributed by atoms with E-state index in [1.165, 1.54) is 11.4 Å². The van der Waals surface area contributed by atoms with E-state index in [-0.39, 0.29) is 0 Å². The Morgan fingerprint density at radius 3 is 1.67 bits per heavy atom. The number of nitrogens with zero attached hydrogens (tertiary/aromatic N) is 5. The van der Waals surface area contributed by atoms with E-state index < -0.39 is 0 Å². The molecule has 0 amide bonds. The van der Waals surface area contributed by atoms with Gasteiger partial charge in [0.25, 0.3) is 0 Å². The highest BCUT2D eigenvalue weighted by Crippen LogP contribution is 2.33. The highest BCUT2D eigenvalue weighted by molar-refractivity contribution is 5.79. The molecule has 0 saturated carbocycles. The topological polar surface area (TPSA) is 16.8 Å². The van der Waals surface area contributed by atoms with Crippen molar-refractivity contribution in [3.05, 3.63) is 12.3 Å². The molecule has 0 aromatic carbocycles. The third-order valence-electron chi connectivity index (χ3n) is 2.83. The lowest BCUT2D eigenvalue weighted by atomic mass is 10.2. The molecule has 1 aromatic heterocycles. The molecule has 1 rings (SSSR count). The van der Waals surface area contributed by atoms with E-state index in [1.54, 1.807) is 0 Å². The minimum Gasteiger partial charge on any atom is -0.376 e. The third kappa shape index (κ3) is 2.60. The molecule has 0 unspecified atom stereocenters. The lowest BCUT2D eigenvalue weighted by Gasteiger charge is -2.27. The summed E-state index contributed by atoms with van der Waals surface area (Å²) in [6.07, 6.45) is 2.09. The summed E-state index contributed by atoms with van der Waals surface area (Å²) in [7, 11) is 16.5. The standard InChI is InChI=1S/C13H26N5/c1-14(2)11-9-10-18(17(7)8)13(16(5)6)12(11)15(3)4/h9-10H,1-8H3/q+1. The Morgan fingerprint density at radius 2 is 1.33 bits per heavy atom. The smallest absolute Gasteiger partial charge is 0.325 e. The van der Waals surface area contributed by atoms with Gasteiger partial charge in [0.1, 0.15) is 6.20 Å². The summed E-state index contributed by atoms with van der Waals surface area (Å²) in [5.41, 5.74) is 2.42. The number of aromatic nitrogens is 1. The Bertz CT molecular complexity index is 371. The molecule has 1 heterocycles. The van der Waals surface area contributed by atoms with Crippen LogP contribution in [0.2, 0.25) is 0 Å². The predicted molar refractivity (Wildman–Crippen MR) is 79.7 cm³/mol. The second-order valence-electron chi connectivity index (χ2n) is 5.25. The van der Waals surface area contributed by atoms with Crippen LogP contribution < -0.4 is 24.4 Å². The highest BCUT2D eigenvalue weighted by atomic mass is 15.5. The average molecular weight is 252 g/mol. The highest BCUT2D eigenvalue weighted by Gasteiger charge is 2.25. The Hall–Kier alpha value is -1.65. The minimum atomic E-state index is 1.16. The first-order chi connectivity index (χ1) is 8.27. The first kappa shape index (κ1) is 14.4. The Balaban J connectivity index is 3.60. The summed E-state index contributed by atoms with van der Waals surface area (Å²) in [4.78, 5) is 6.44. The summed E-state index contributed by atoms with van der Waals surface area (Å²) in [5.74, 6) is 1.16. The van der Waals surface area contributed by atoms with Gasteiger partial charge in [-0.1, -0.05) is 0 Å². The fourth-order valence-electron chi connectivity index (χ4n) is 2.04. The van der Waals surface area contributed by atoms with Gasteiger partial charge in [-0.25, -0.2) is 5.01 Å². The van der Waals surface area contributed by atoms with Crippen LogP contribution in [0.4, 0.5) is 17.2 Å². The monoisotopic (exact) mass is 252 g/mol. The van der Waals surface area contributed by atoms with Gasteiger partial charge < -0.3 is 9.80 Å². The number of hydrogen-bond acceptors (Lipinski definition) is 4. The molecular formula is C13H26N5+. The van der Waals surface area contributed by atoms with Gasteiger partial charge >= 0.3 is 5.82 Å². The zero-order valence-electron chi connectivity index (χ0n) is 12.9. The molecular weight excluding hydrogens is 226 g/mol. The van der Waals surface area contributed by atoms with Crippen LogP contribution in [0.1, 0.15) is 0 Å². The molecule has 5 heteroatoms. The normalized spacial score (nSPS) is 10.2. The van der Waals surface area contributed by atoms with E-state index in [2.05, 4.69) is 78.9 Å². The molecule has 1 aromatic rings. The second-order valence-corrected chi connectivity index (χ2v) is 5.25. The van der Waals surface area contributed by atoms with Crippen LogP contribution in [-0.2, 0) is 0 Å². The molecule has 0 spiro atoms. The van der Waals surface area contributed by atoms with E-state index in [9.17, 15) is 0 Å². The molecule has 0 aliphatic carbocycles. The lowest BCUT2D eigenvalue weighted by molar-refractivity contribution is -0.674. The van der Waals surface area contributed by atoms with Gasteiger partial charge in [-0.2, -0.15) is 0 Å². The van der Waals surface area contributed by atoms with E-state index >= 15 is 0 Å². The van der Waals surface area contributed by atoms with Crippen LogP contribution in [0.25, 0.3) is 0 Å². The van der Waals surface area contributed by atoms with Crippen molar-refractivity contribution in [2.24, 2.45) is 0 Å². The van der Waals surface area contributed by atoms with Crippen LogP contribution in [0.5, 0.6) is 0 Å². The molecule has 0 atom stereocenters. The molecule has 0 radical (unpaired) electrons. The van der Waals surface area contributed by atoms with Gasteiger partial charge in [-0.3, -0.25) is 4.90 Å². The van der Waals surface area contributed by atoms with Gasteiger partial charge in [-0.15, -0.1) is 4.68 Å². The fraction of sp³-hybridized carbons (Fsp3) is 0.615. The largest absolute Gasteiger partial charge is 0.376 e. The van der Waals surface area contributed by atoms with Crippen LogP contribution in [0.3, 0.4) is 0 Å². The molecule has 18 heavy (non-hydrogen) atoms. The number of rotatable bonds is 4. The SMILES string of the molecule is CN(C)c1cc[n+](N(C)C)c(N(C)C)c1N(C)C. The first-order valence-corrected chi connectivity index (χ1v) is 6.05. The van der Waals surface area contributed by atoms with Crippen LogP contribution in [0, 0.1) is 0 Å². The molecule has 5 nitrogen and oxygen atoms in total. The molecule has 0 fully saturated rings. The summed E-state index contributed by atoms with van der Waals surface area (Å²) in [6, 6.07) is 2.14. The van der Waals surface area contributed by atoms with Crippen molar-refractivity contribution in [3.8, 4) is 0 Å². The second kappa shape index (κ2) is 5.33. The molecule has 0 saturated heterocycles. The summed E-state index contributed by atoms with van der Waals surface area (Å²) >= 11 is 0. The van der Waals surface area contributed by atoms with Crippen molar-refractivity contribution in [1.82, 2.24) is 0 Å². The van der Waals surface area contributed by atoms with Crippen molar-refractivity contribution < 1.29 is 4.68 Å². The Morgan fingerprint density at radius 1 is 0.778 bits per heavy atom. The maximum absolute atomic E-state index is 2.16. The maximum atomic E-state index is 2.16. The molecule has 102 valence electrons. The number of anilines is 3. The van der Waals surface area contributed by atoms with Gasteiger partial charge in [0.05, 0.1) is 19.8 Å². The van der Waals surface area contributed by atoms with E-state index in [0.29, 0.717) is 0 Å². The summed E-state index contributed by atoms with van der Waals surface area (Å²) in [5, 5.41) is 2.07. The number of hydrogen-bond donors (Lipinski definition) is 0. The summed E-state index contributed by atoms with van der Waals surface area (Å²) in [6.45, 7) is 0. The quantitative estimate of drug-likeness (QED) is 0.720. The van der Waals surface area contributed by atoms with Crippen LogP contribution in [-0.4, -0.2) is 56.4 Å². The van der Waals surface area contributed by atoms with Crippen LogP contribution >= 0.6 is 0 Å². The fourth-order valence-corrected chi connectivity index (χ4v) is 2.04. The third-order valence-corrected chi connectivity index (χ3v) is 2.83. The Kier molecular flexibility index (Phi) is 4.27. The predicted octanol–water partition coefficient (Wildman–Crippen LogP) is 0.370. The van der Waals surface area contributed by atoms with E-state index in [4.69, 9.17) is 0 Å². The van der Waals surface area contributed by atoms with Crippen molar-refractivity contribution in [2.75, 3.05) is 76.1 Å². The number of pyridine rings is 1. The maximum Gasteiger partial charge on any atom is 0.325 e. The van der Waals surface area contributed by atoms with Crippen LogP contribution in [0.15, 0.2) is 12.3 Å². The average Bonchev–Trinajstić information content (AvgIpc) is 2.26. The Labute approximate surface area is 111 Å². The van der Waals surface area contributed by atoms with Crippen molar-refractivity contribution >= 4 is 17.2 Å². The molecule has 0 bridgehead atoms. The zero-order valence-corrected chi connectivity index (χ0v) is 12.9. The van der Waals surface area contributed by atoms with E-state index in [1.807, 2.05) is 14.1 Å². The molecule has 0 aliphatic rings. The van der Waals surface area contributed by atoms with Gasteiger partial charge in [-0.05, 0) is 0 Å². The van der Waals surface area contributed by atoms with Crippen molar-refractivity contribution in [3.63, 3.8) is 0 Å². The van der Waals surface area contributed by atoms with Gasteiger partial charge in [0.2, 0.25) is 0 Å². The zero-order chi connectivity index (χ0) is 14.0. The van der Waals surface area contributed by atoms with E-state index in [0.717, 1.165) is 5.82 Å². The van der Waals surface area contributed by atoms with Gasteiger partial charge in [0.15, 0.2) is 5.69 Å². The van der Waals surface area contributed by atoms with Crippen molar-refractivity contribution in [1.29, 1.82) is 0 Å². The lowest BCUT2D eigenvalue weighted by Crippen LogP contribution is -2.55. The molecule has 0 N–H and O–H groups in total. The summed E-state index contributed by atoms with van der Waals surface area (Å²) < 4.78 is 2.14. The minimum absolute atomic E-state index is 1.16. The van der Waals surface area contributed by atoms with Crippen molar-refractivity contribution in [2.45, 2.75) is 0 Å².